The SMILES string of the molecule is CN(C)CCNc1cc(N2CCOCC2)nc2ccccc12. The van der Waals surface area contributed by atoms with E-state index in [9.17, 15) is 0 Å². The summed E-state index contributed by atoms with van der Waals surface area (Å²) in [6.45, 7) is 5.29. The Balaban J connectivity index is 1.89. The zero-order chi connectivity index (χ0) is 15.4. The normalized spacial score (nSPS) is 15.5. The molecule has 3 rings (SSSR count). The van der Waals surface area contributed by atoms with Crippen molar-refractivity contribution in [2.24, 2.45) is 0 Å². The van der Waals surface area contributed by atoms with Crippen molar-refractivity contribution in [1.82, 2.24) is 9.88 Å². The van der Waals surface area contributed by atoms with Gasteiger partial charge < -0.3 is 19.9 Å². The molecule has 1 aromatic heterocycles. The van der Waals surface area contributed by atoms with Crippen LogP contribution >= 0.6 is 0 Å². The van der Waals surface area contributed by atoms with Crippen molar-refractivity contribution in [3.8, 4) is 0 Å². The molecule has 2 heterocycles. The zero-order valence-corrected chi connectivity index (χ0v) is 13.4. The van der Waals surface area contributed by atoms with Crippen LogP contribution in [0.4, 0.5) is 11.5 Å². The number of anilines is 2. The molecule has 1 N–H and O–H groups in total. The molecule has 0 bridgehead atoms. The fraction of sp³-hybridized carbons (Fsp3) is 0.471. The van der Waals surface area contributed by atoms with Crippen molar-refractivity contribution >= 4 is 22.4 Å². The highest BCUT2D eigenvalue weighted by atomic mass is 16.5. The third kappa shape index (κ3) is 3.48. The maximum Gasteiger partial charge on any atom is 0.131 e. The molecular formula is C17H24N4O. The second kappa shape index (κ2) is 6.94. The summed E-state index contributed by atoms with van der Waals surface area (Å²) in [6, 6.07) is 10.5. The van der Waals surface area contributed by atoms with Gasteiger partial charge in [0.05, 0.1) is 18.7 Å². The molecule has 1 saturated heterocycles. The Morgan fingerprint density at radius 2 is 2.00 bits per heavy atom. The average Bonchev–Trinajstić information content (AvgIpc) is 2.55. The first kappa shape index (κ1) is 15.1. The van der Waals surface area contributed by atoms with Crippen molar-refractivity contribution in [1.29, 1.82) is 0 Å². The third-order valence-corrected chi connectivity index (χ3v) is 3.91. The van der Waals surface area contributed by atoms with Gasteiger partial charge in [0.2, 0.25) is 0 Å². The van der Waals surface area contributed by atoms with Gasteiger partial charge in [0.15, 0.2) is 0 Å². The van der Waals surface area contributed by atoms with Crippen LogP contribution in [0.25, 0.3) is 10.9 Å². The predicted molar refractivity (Wildman–Crippen MR) is 91.8 cm³/mol. The monoisotopic (exact) mass is 300 g/mol. The molecule has 0 unspecified atom stereocenters. The minimum Gasteiger partial charge on any atom is -0.383 e. The lowest BCUT2D eigenvalue weighted by Crippen LogP contribution is -2.36. The van der Waals surface area contributed by atoms with Gasteiger partial charge in [0.1, 0.15) is 5.82 Å². The second-order valence-electron chi connectivity index (χ2n) is 5.87. The van der Waals surface area contributed by atoms with Crippen LogP contribution in [0.1, 0.15) is 0 Å². The number of fused-ring (bicyclic) bond motifs is 1. The van der Waals surface area contributed by atoms with Gasteiger partial charge >= 0.3 is 0 Å². The van der Waals surface area contributed by atoms with E-state index in [4.69, 9.17) is 9.72 Å². The van der Waals surface area contributed by atoms with Crippen molar-refractivity contribution in [3.63, 3.8) is 0 Å². The van der Waals surface area contributed by atoms with Gasteiger partial charge in [-0.1, -0.05) is 18.2 Å². The quantitative estimate of drug-likeness (QED) is 0.915. The van der Waals surface area contributed by atoms with Gasteiger partial charge in [-0.05, 0) is 20.2 Å². The smallest absolute Gasteiger partial charge is 0.131 e. The number of nitrogens with zero attached hydrogens (tertiary/aromatic N) is 3. The van der Waals surface area contributed by atoms with Crippen LogP contribution in [-0.4, -0.2) is 63.4 Å². The number of aromatic nitrogens is 1. The van der Waals surface area contributed by atoms with E-state index in [1.807, 2.05) is 6.07 Å². The van der Waals surface area contributed by atoms with E-state index in [1.54, 1.807) is 0 Å². The minimum atomic E-state index is 0.776. The maximum atomic E-state index is 5.44. The van der Waals surface area contributed by atoms with Gasteiger partial charge in [-0.3, -0.25) is 0 Å². The molecule has 1 fully saturated rings. The standard InChI is InChI=1S/C17H24N4O/c1-20(2)8-7-18-16-13-17(21-9-11-22-12-10-21)19-15-6-4-3-5-14(15)16/h3-6,13H,7-12H2,1-2H3,(H,18,19). The van der Waals surface area contributed by atoms with E-state index >= 15 is 0 Å². The molecule has 0 amide bonds. The number of hydrogen-bond donors (Lipinski definition) is 1. The topological polar surface area (TPSA) is 40.6 Å². The van der Waals surface area contributed by atoms with Crippen LogP contribution in [0.5, 0.6) is 0 Å². The molecule has 22 heavy (non-hydrogen) atoms. The number of likely N-dealkylation sites (N-methyl/N-ethyl adjacent to an activating group) is 1. The number of nitrogens with one attached hydrogen (secondary N) is 1. The van der Waals surface area contributed by atoms with E-state index in [0.29, 0.717) is 0 Å². The summed E-state index contributed by atoms with van der Waals surface area (Å²) in [7, 11) is 4.18. The summed E-state index contributed by atoms with van der Waals surface area (Å²) >= 11 is 0. The van der Waals surface area contributed by atoms with Crippen LogP contribution in [0, 0.1) is 0 Å². The fourth-order valence-corrected chi connectivity index (χ4v) is 2.68. The summed E-state index contributed by atoms with van der Waals surface area (Å²) < 4.78 is 5.44. The second-order valence-corrected chi connectivity index (χ2v) is 5.87. The van der Waals surface area contributed by atoms with Gasteiger partial charge in [-0.2, -0.15) is 0 Å². The Morgan fingerprint density at radius 1 is 1.23 bits per heavy atom. The van der Waals surface area contributed by atoms with Gasteiger partial charge in [0.25, 0.3) is 0 Å². The van der Waals surface area contributed by atoms with Crippen LogP contribution in [0.15, 0.2) is 30.3 Å². The number of rotatable bonds is 5. The fourth-order valence-electron chi connectivity index (χ4n) is 2.68. The Hall–Kier alpha value is -1.85. The molecule has 5 heteroatoms. The maximum absolute atomic E-state index is 5.44. The summed E-state index contributed by atoms with van der Waals surface area (Å²) in [5, 5.41) is 4.74. The molecule has 118 valence electrons. The number of ether oxygens (including phenoxy) is 1. The van der Waals surface area contributed by atoms with E-state index in [2.05, 4.69) is 53.5 Å². The average molecular weight is 300 g/mol. The Morgan fingerprint density at radius 3 is 2.77 bits per heavy atom. The van der Waals surface area contributed by atoms with Gasteiger partial charge in [-0.15, -0.1) is 0 Å². The lowest BCUT2D eigenvalue weighted by Gasteiger charge is -2.28. The molecule has 0 aliphatic carbocycles. The van der Waals surface area contributed by atoms with Crippen LogP contribution in [-0.2, 0) is 4.74 Å². The summed E-state index contributed by atoms with van der Waals surface area (Å²) in [5.74, 6) is 1.04. The van der Waals surface area contributed by atoms with E-state index in [1.165, 1.54) is 5.39 Å². The zero-order valence-electron chi connectivity index (χ0n) is 13.4. The molecular weight excluding hydrogens is 276 g/mol. The predicted octanol–water partition coefficient (Wildman–Crippen LogP) is 2.04. The van der Waals surface area contributed by atoms with E-state index < -0.39 is 0 Å². The van der Waals surface area contributed by atoms with Gasteiger partial charge in [0, 0.05) is 43.3 Å². The molecule has 0 saturated carbocycles. The van der Waals surface area contributed by atoms with Crippen molar-refractivity contribution in [2.45, 2.75) is 0 Å². The van der Waals surface area contributed by atoms with Crippen LogP contribution in [0.2, 0.25) is 0 Å². The van der Waals surface area contributed by atoms with Crippen molar-refractivity contribution < 1.29 is 4.74 Å². The first-order valence-electron chi connectivity index (χ1n) is 7.85. The van der Waals surface area contributed by atoms with Gasteiger partial charge in [-0.25, -0.2) is 4.98 Å². The first-order valence-corrected chi connectivity index (χ1v) is 7.85. The molecule has 0 atom stereocenters. The lowest BCUT2D eigenvalue weighted by molar-refractivity contribution is 0.122. The molecule has 0 radical (unpaired) electrons. The molecule has 0 spiro atoms. The highest BCUT2D eigenvalue weighted by molar-refractivity contribution is 5.93. The van der Waals surface area contributed by atoms with Crippen molar-refractivity contribution in [3.05, 3.63) is 30.3 Å². The summed E-state index contributed by atoms with van der Waals surface area (Å²) in [5.41, 5.74) is 2.20. The van der Waals surface area contributed by atoms with E-state index in [-0.39, 0.29) is 0 Å². The van der Waals surface area contributed by atoms with E-state index in [0.717, 1.165) is 56.4 Å². The number of para-hydroxylation sites is 1. The Kier molecular flexibility index (Phi) is 4.75. The summed E-state index contributed by atoms with van der Waals surface area (Å²) in [6.07, 6.45) is 0. The first-order chi connectivity index (χ1) is 10.7. The van der Waals surface area contributed by atoms with Crippen LogP contribution in [0.3, 0.4) is 0 Å². The number of hydrogen-bond acceptors (Lipinski definition) is 5. The highest BCUT2D eigenvalue weighted by Crippen LogP contribution is 2.27. The molecule has 1 aromatic carbocycles. The third-order valence-electron chi connectivity index (χ3n) is 3.91. The lowest BCUT2D eigenvalue weighted by atomic mass is 10.1. The molecule has 5 nitrogen and oxygen atoms in total. The minimum absolute atomic E-state index is 0.776. The summed E-state index contributed by atoms with van der Waals surface area (Å²) in [4.78, 5) is 9.30. The van der Waals surface area contributed by atoms with Crippen LogP contribution < -0.4 is 10.2 Å². The van der Waals surface area contributed by atoms with Crippen molar-refractivity contribution in [2.75, 3.05) is 63.7 Å². The Labute approximate surface area is 131 Å². The molecule has 1 aliphatic rings. The Bertz CT molecular complexity index is 623. The highest BCUT2D eigenvalue weighted by Gasteiger charge is 2.14. The number of benzene rings is 1. The number of morpholine rings is 1. The largest absolute Gasteiger partial charge is 0.383 e. The number of pyridine rings is 1. The molecule has 2 aromatic rings. The molecule has 1 aliphatic heterocycles.